The fraction of sp³-hybridized carbons (Fsp3) is 0.355. The van der Waals surface area contributed by atoms with E-state index in [2.05, 4.69) is 4.98 Å². The molecule has 1 fully saturated rings. The van der Waals surface area contributed by atoms with E-state index in [1.54, 1.807) is 67.3 Å². The third kappa shape index (κ3) is 6.97. The first kappa shape index (κ1) is 31.3. The maximum atomic E-state index is 13.9. The summed E-state index contributed by atoms with van der Waals surface area (Å²) >= 11 is 5.90. The van der Waals surface area contributed by atoms with Crippen LogP contribution in [0, 0.1) is 0 Å². The fourth-order valence-electron chi connectivity index (χ4n) is 5.01. The zero-order chi connectivity index (χ0) is 31.6. The summed E-state index contributed by atoms with van der Waals surface area (Å²) in [5, 5.41) is 0.794. The summed E-state index contributed by atoms with van der Waals surface area (Å²) in [5.74, 6) is 0.284. The van der Waals surface area contributed by atoms with Crippen LogP contribution in [0.5, 0.6) is 11.5 Å². The van der Waals surface area contributed by atoms with E-state index in [0.717, 1.165) is 10.6 Å². The zero-order valence-corrected chi connectivity index (χ0v) is 25.1. The Labute approximate surface area is 256 Å². The van der Waals surface area contributed by atoms with Crippen LogP contribution in [0.4, 0.5) is 13.2 Å². The van der Waals surface area contributed by atoms with Crippen LogP contribution >= 0.6 is 11.6 Å². The summed E-state index contributed by atoms with van der Waals surface area (Å²) in [6.07, 6.45) is -5.14. The van der Waals surface area contributed by atoms with E-state index < -0.39 is 23.5 Å². The summed E-state index contributed by atoms with van der Waals surface area (Å²) in [4.78, 5) is 39.1. The van der Waals surface area contributed by atoms with Crippen LogP contribution in [-0.4, -0.2) is 68.6 Å². The van der Waals surface area contributed by atoms with Gasteiger partial charge in [-0.05, 0) is 69.3 Å². The van der Waals surface area contributed by atoms with Gasteiger partial charge in [0.15, 0.2) is 18.2 Å². The SMILES string of the molecule is CC(C)Oc1ccc(C(F)(F)F)nc1-n1c(CN2CCN(C(=O)COc3ccc(Cl)cc3)C[C@@H]2C)nc2ccccc2c1=O. The second kappa shape index (κ2) is 12.8. The Kier molecular flexibility index (Phi) is 9.12. The largest absolute Gasteiger partial charge is 0.487 e. The van der Waals surface area contributed by atoms with Gasteiger partial charge in [-0.2, -0.15) is 13.2 Å². The Balaban J connectivity index is 1.44. The molecular weight excluding hydrogens is 599 g/mol. The number of para-hydroxylation sites is 1. The minimum atomic E-state index is -4.74. The molecule has 0 saturated carbocycles. The predicted molar refractivity (Wildman–Crippen MR) is 159 cm³/mol. The normalized spacial score (nSPS) is 16.0. The van der Waals surface area contributed by atoms with E-state index in [-0.39, 0.29) is 47.9 Å². The number of ether oxygens (including phenoxy) is 2. The molecule has 3 heterocycles. The molecule has 0 spiro atoms. The lowest BCUT2D eigenvalue weighted by atomic mass is 10.1. The molecule has 1 saturated heterocycles. The lowest BCUT2D eigenvalue weighted by Crippen LogP contribution is -2.54. The number of hydrogen-bond acceptors (Lipinski definition) is 7. The number of fused-ring (bicyclic) bond motifs is 1. The number of pyridine rings is 1. The second-order valence-electron chi connectivity index (χ2n) is 10.8. The number of piperazine rings is 1. The molecule has 0 radical (unpaired) electrons. The number of rotatable bonds is 8. The Hall–Kier alpha value is -4.16. The first-order chi connectivity index (χ1) is 20.9. The molecule has 9 nitrogen and oxygen atoms in total. The van der Waals surface area contributed by atoms with Crippen molar-refractivity contribution < 1.29 is 27.4 Å². The monoisotopic (exact) mass is 629 g/mol. The second-order valence-corrected chi connectivity index (χ2v) is 11.2. The van der Waals surface area contributed by atoms with Gasteiger partial charge in [0.1, 0.15) is 17.3 Å². The molecule has 1 atom stereocenters. The molecule has 0 N–H and O–H groups in total. The molecule has 4 aromatic rings. The molecule has 1 aliphatic heterocycles. The molecule has 13 heteroatoms. The molecular formula is C31H31ClF3N5O4. The van der Waals surface area contributed by atoms with Crippen molar-refractivity contribution in [3.05, 3.63) is 87.6 Å². The van der Waals surface area contributed by atoms with Crippen molar-refractivity contribution in [2.24, 2.45) is 0 Å². The Morgan fingerprint density at radius 2 is 1.77 bits per heavy atom. The minimum Gasteiger partial charge on any atom is -0.487 e. The highest BCUT2D eigenvalue weighted by atomic mass is 35.5. The van der Waals surface area contributed by atoms with Gasteiger partial charge in [0, 0.05) is 30.7 Å². The number of carbonyl (C=O) groups is 1. The first-order valence-electron chi connectivity index (χ1n) is 14.1. The van der Waals surface area contributed by atoms with Crippen LogP contribution in [0.15, 0.2) is 65.5 Å². The molecule has 1 aliphatic rings. The van der Waals surface area contributed by atoms with Crippen LogP contribution < -0.4 is 15.0 Å². The van der Waals surface area contributed by atoms with Gasteiger partial charge in [0.2, 0.25) is 0 Å². The van der Waals surface area contributed by atoms with Gasteiger partial charge in [-0.25, -0.2) is 14.5 Å². The average Bonchev–Trinajstić information content (AvgIpc) is 2.97. The molecule has 232 valence electrons. The van der Waals surface area contributed by atoms with Crippen LogP contribution in [0.1, 0.15) is 32.3 Å². The Morgan fingerprint density at radius 3 is 2.45 bits per heavy atom. The van der Waals surface area contributed by atoms with Gasteiger partial charge in [-0.3, -0.25) is 14.5 Å². The lowest BCUT2D eigenvalue weighted by Gasteiger charge is -2.39. The highest BCUT2D eigenvalue weighted by Gasteiger charge is 2.35. The van der Waals surface area contributed by atoms with Crippen LogP contribution in [-0.2, 0) is 17.5 Å². The number of aromatic nitrogens is 3. The molecule has 0 aliphatic carbocycles. The van der Waals surface area contributed by atoms with E-state index in [9.17, 15) is 22.8 Å². The van der Waals surface area contributed by atoms with Crippen molar-refractivity contribution in [2.75, 3.05) is 26.2 Å². The Morgan fingerprint density at radius 1 is 1.05 bits per heavy atom. The number of nitrogens with zero attached hydrogens (tertiary/aromatic N) is 5. The molecule has 0 bridgehead atoms. The van der Waals surface area contributed by atoms with E-state index in [0.29, 0.717) is 35.9 Å². The highest BCUT2D eigenvalue weighted by molar-refractivity contribution is 6.30. The zero-order valence-electron chi connectivity index (χ0n) is 24.3. The van der Waals surface area contributed by atoms with Crippen LogP contribution in [0.3, 0.4) is 0 Å². The lowest BCUT2D eigenvalue weighted by molar-refractivity contribution is -0.141. The van der Waals surface area contributed by atoms with E-state index in [1.807, 2.05) is 11.8 Å². The third-order valence-corrected chi connectivity index (χ3v) is 7.44. The van der Waals surface area contributed by atoms with Crippen molar-refractivity contribution in [1.82, 2.24) is 24.3 Å². The smallest absolute Gasteiger partial charge is 0.433 e. The quantitative estimate of drug-likeness (QED) is 0.260. The molecule has 5 rings (SSSR count). The first-order valence-corrected chi connectivity index (χ1v) is 14.4. The Bertz CT molecular complexity index is 1710. The summed E-state index contributed by atoms with van der Waals surface area (Å²) in [5.41, 5.74) is -1.31. The van der Waals surface area contributed by atoms with Gasteiger partial charge in [0.25, 0.3) is 11.5 Å². The summed E-state index contributed by atoms with van der Waals surface area (Å²) in [6.45, 7) is 6.56. The molecule has 2 aromatic heterocycles. The summed E-state index contributed by atoms with van der Waals surface area (Å²) in [6, 6.07) is 15.2. The van der Waals surface area contributed by atoms with E-state index in [4.69, 9.17) is 26.1 Å². The number of hydrogen-bond donors (Lipinski definition) is 0. The number of alkyl halides is 3. The summed E-state index contributed by atoms with van der Waals surface area (Å²) < 4.78 is 53.8. The van der Waals surface area contributed by atoms with Crippen molar-refractivity contribution in [3.63, 3.8) is 0 Å². The topological polar surface area (TPSA) is 89.8 Å². The maximum Gasteiger partial charge on any atom is 0.433 e. The molecule has 44 heavy (non-hydrogen) atoms. The van der Waals surface area contributed by atoms with Gasteiger partial charge in [-0.1, -0.05) is 23.7 Å². The van der Waals surface area contributed by atoms with Crippen molar-refractivity contribution in [1.29, 1.82) is 0 Å². The van der Waals surface area contributed by atoms with Crippen LogP contribution in [0.25, 0.3) is 16.7 Å². The summed E-state index contributed by atoms with van der Waals surface area (Å²) in [7, 11) is 0. The maximum absolute atomic E-state index is 13.9. The molecule has 2 aromatic carbocycles. The molecule has 1 amide bonds. The fourth-order valence-corrected chi connectivity index (χ4v) is 5.13. The number of halogens is 4. The third-order valence-electron chi connectivity index (χ3n) is 7.19. The average molecular weight is 630 g/mol. The molecule has 0 unspecified atom stereocenters. The van der Waals surface area contributed by atoms with Gasteiger partial charge in [0.05, 0.1) is 23.6 Å². The predicted octanol–water partition coefficient (Wildman–Crippen LogP) is 5.35. The highest BCUT2D eigenvalue weighted by Crippen LogP contribution is 2.32. The van der Waals surface area contributed by atoms with Crippen molar-refractivity contribution in [3.8, 4) is 17.3 Å². The number of benzene rings is 2. The van der Waals surface area contributed by atoms with Gasteiger partial charge >= 0.3 is 6.18 Å². The van der Waals surface area contributed by atoms with Crippen molar-refractivity contribution >= 4 is 28.4 Å². The number of amides is 1. The van der Waals surface area contributed by atoms with Gasteiger partial charge in [-0.15, -0.1) is 0 Å². The standard InChI is InChI=1S/C31H31ClF3N5O4/c1-19(2)44-25-12-13-26(31(33,34)35)37-29(25)40-27(36-24-7-5-4-6-23(24)30(40)42)17-38-14-15-39(16-20(38)3)28(41)18-43-22-10-8-21(32)9-11-22/h4-13,19-20H,14-18H2,1-3H3/t20-/m0/s1. The van der Waals surface area contributed by atoms with E-state index in [1.165, 1.54) is 6.07 Å². The van der Waals surface area contributed by atoms with Crippen molar-refractivity contribution in [2.45, 2.75) is 45.6 Å². The van der Waals surface area contributed by atoms with E-state index >= 15 is 0 Å². The van der Waals surface area contributed by atoms with Gasteiger partial charge < -0.3 is 14.4 Å². The van der Waals surface area contributed by atoms with Crippen LogP contribution in [0.2, 0.25) is 5.02 Å². The number of carbonyl (C=O) groups excluding carboxylic acids is 1. The minimum absolute atomic E-state index is 0.0255.